The average Bonchev–Trinajstić information content (AvgIpc) is 3.36. The minimum Gasteiger partial charge on any atom is -0.383 e. The van der Waals surface area contributed by atoms with Gasteiger partial charge in [-0.05, 0) is 35.9 Å². The molecule has 0 aliphatic carbocycles. The Kier molecular flexibility index (Phi) is 8.28. The van der Waals surface area contributed by atoms with Gasteiger partial charge in [-0.25, -0.2) is 13.1 Å². The van der Waals surface area contributed by atoms with Crippen LogP contribution in [0.4, 0.5) is 5.69 Å². The number of carbonyl (C=O) groups is 2. The van der Waals surface area contributed by atoms with Gasteiger partial charge < -0.3 is 9.64 Å². The van der Waals surface area contributed by atoms with Gasteiger partial charge in [0.15, 0.2) is 0 Å². The first kappa shape index (κ1) is 26.8. The molecule has 37 heavy (non-hydrogen) atoms. The van der Waals surface area contributed by atoms with E-state index < -0.39 is 15.9 Å². The number of anilines is 1. The van der Waals surface area contributed by atoms with Crippen molar-refractivity contribution < 1.29 is 22.7 Å². The number of rotatable bonds is 9. The second-order valence-electron chi connectivity index (χ2n) is 8.60. The van der Waals surface area contributed by atoms with E-state index in [0.29, 0.717) is 11.4 Å². The van der Waals surface area contributed by atoms with Gasteiger partial charge in [0.2, 0.25) is 15.9 Å². The van der Waals surface area contributed by atoms with Gasteiger partial charge in [-0.1, -0.05) is 29.8 Å². The van der Waals surface area contributed by atoms with Gasteiger partial charge in [0.05, 0.1) is 29.1 Å². The van der Waals surface area contributed by atoms with E-state index in [4.69, 9.17) is 16.3 Å². The molecule has 0 fully saturated rings. The highest BCUT2D eigenvalue weighted by atomic mass is 35.5. The van der Waals surface area contributed by atoms with Crippen LogP contribution in [0.5, 0.6) is 0 Å². The molecule has 4 rings (SSSR count). The summed E-state index contributed by atoms with van der Waals surface area (Å²) in [5, 5.41) is 4.42. The van der Waals surface area contributed by atoms with Crippen LogP contribution in [0.25, 0.3) is 5.69 Å². The molecule has 0 saturated heterocycles. The van der Waals surface area contributed by atoms with Gasteiger partial charge >= 0.3 is 0 Å². The molecule has 3 aromatic rings. The molecule has 10 nitrogen and oxygen atoms in total. The molecule has 0 spiro atoms. The number of sulfonamides is 1. The Bertz CT molecular complexity index is 1380. The third-order valence-corrected chi connectivity index (χ3v) is 7.74. The molecule has 0 atom stereocenters. The SMILES string of the molecule is COCCN(CCN1Cc2ccccc2N(C(=O)c2ccc(-n3cccn3)cc2Cl)CC1=O)S(C)(=O)=O. The predicted molar refractivity (Wildman–Crippen MR) is 140 cm³/mol. The number of benzene rings is 2. The minimum atomic E-state index is -3.48. The predicted octanol–water partition coefficient (Wildman–Crippen LogP) is 2.42. The van der Waals surface area contributed by atoms with Crippen LogP contribution in [0.2, 0.25) is 5.02 Å². The number of amides is 2. The Labute approximate surface area is 221 Å². The number of halogens is 1. The number of fused-ring (bicyclic) bond motifs is 1. The zero-order valence-corrected chi connectivity index (χ0v) is 22.2. The maximum Gasteiger partial charge on any atom is 0.260 e. The standard InChI is InChI=1S/C25H28ClN5O5S/c1-36-15-14-29(37(2,34)35)13-12-28-17-19-6-3-4-7-23(19)30(18-24(28)32)25(33)21-9-8-20(16-22(21)26)31-11-5-10-27-31/h3-11,16H,12-15,17-18H2,1-2H3. The number of hydrogen-bond acceptors (Lipinski definition) is 6. The Morgan fingerprint density at radius 1 is 1.14 bits per heavy atom. The van der Waals surface area contributed by atoms with E-state index in [1.807, 2.05) is 12.1 Å². The summed E-state index contributed by atoms with van der Waals surface area (Å²) in [7, 11) is -1.98. The summed E-state index contributed by atoms with van der Waals surface area (Å²) in [4.78, 5) is 29.9. The van der Waals surface area contributed by atoms with Crippen LogP contribution in [0, 0.1) is 0 Å². The van der Waals surface area contributed by atoms with Gasteiger partial charge in [-0.15, -0.1) is 0 Å². The normalized spacial score (nSPS) is 14.1. The highest BCUT2D eigenvalue weighted by Crippen LogP contribution is 2.29. The molecule has 12 heteroatoms. The van der Waals surface area contributed by atoms with Crippen molar-refractivity contribution in [3.63, 3.8) is 0 Å². The molecule has 2 heterocycles. The lowest BCUT2D eigenvalue weighted by molar-refractivity contribution is -0.130. The quantitative estimate of drug-likeness (QED) is 0.409. The molecule has 2 aromatic carbocycles. The lowest BCUT2D eigenvalue weighted by atomic mass is 10.1. The van der Waals surface area contributed by atoms with Gasteiger partial charge in [-0.2, -0.15) is 9.40 Å². The Balaban J connectivity index is 1.58. The first-order valence-corrected chi connectivity index (χ1v) is 13.8. The van der Waals surface area contributed by atoms with Crippen molar-refractivity contribution in [2.75, 3.05) is 51.1 Å². The molecule has 0 radical (unpaired) electrons. The first-order valence-electron chi connectivity index (χ1n) is 11.6. The van der Waals surface area contributed by atoms with Crippen molar-refractivity contribution in [2.24, 2.45) is 0 Å². The molecular weight excluding hydrogens is 518 g/mol. The molecule has 0 N–H and O–H groups in total. The minimum absolute atomic E-state index is 0.116. The number of hydrogen-bond donors (Lipinski definition) is 0. The van der Waals surface area contributed by atoms with E-state index in [-0.39, 0.29) is 55.8 Å². The van der Waals surface area contributed by atoms with E-state index in [1.165, 1.54) is 16.3 Å². The summed E-state index contributed by atoms with van der Waals surface area (Å²) >= 11 is 6.51. The molecule has 1 aliphatic rings. The monoisotopic (exact) mass is 545 g/mol. The number of methoxy groups -OCH3 is 1. The Morgan fingerprint density at radius 3 is 2.59 bits per heavy atom. The zero-order valence-electron chi connectivity index (χ0n) is 20.6. The van der Waals surface area contributed by atoms with Crippen molar-refractivity contribution in [3.05, 3.63) is 77.1 Å². The van der Waals surface area contributed by atoms with Gasteiger partial charge in [0.25, 0.3) is 5.91 Å². The molecule has 1 aliphatic heterocycles. The van der Waals surface area contributed by atoms with Crippen molar-refractivity contribution in [3.8, 4) is 5.69 Å². The van der Waals surface area contributed by atoms with Crippen LogP contribution in [0.15, 0.2) is 60.9 Å². The fraction of sp³-hybridized carbons (Fsp3) is 0.320. The molecule has 196 valence electrons. The second kappa shape index (κ2) is 11.4. The third-order valence-electron chi connectivity index (χ3n) is 6.12. The van der Waals surface area contributed by atoms with Gasteiger partial charge in [0.1, 0.15) is 6.54 Å². The summed E-state index contributed by atoms with van der Waals surface area (Å²) in [6.07, 6.45) is 4.54. The Hall–Kier alpha value is -3.25. The molecule has 0 unspecified atom stereocenters. The smallest absolute Gasteiger partial charge is 0.260 e. The van der Waals surface area contributed by atoms with Crippen molar-refractivity contribution >= 4 is 39.1 Å². The van der Waals surface area contributed by atoms with E-state index in [1.54, 1.807) is 58.4 Å². The fourth-order valence-corrected chi connectivity index (χ4v) is 5.24. The number of nitrogens with zero attached hydrogens (tertiary/aromatic N) is 5. The lowest BCUT2D eigenvalue weighted by Gasteiger charge is -2.26. The van der Waals surface area contributed by atoms with Crippen LogP contribution in [0.3, 0.4) is 0 Å². The van der Waals surface area contributed by atoms with E-state index in [2.05, 4.69) is 5.10 Å². The zero-order chi connectivity index (χ0) is 26.6. The fourth-order valence-electron chi connectivity index (χ4n) is 4.16. The number of aromatic nitrogens is 2. The topological polar surface area (TPSA) is 105 Å². The van der Waals surface area contributed by atoms with E-state index in [0.717, 1.165) is 11.8 Å². The molecule has 0 saturated carbocycles. The Morgan fingerprint density at radius 2 is 1.92 bits per heavy atom. The average molecular weight is 546 g/mol. The van der Waals surface area contributed by atoms with Crippen molar-refractivity contribution in [1.29, 1.82) is 0 Å². The summed E-state index contributed by atoms with van der Waals surface area (Å²) in [5.74, 6) is -0.702. The van der Waals surface area contributed by atoms with Gasteiger partial charge in [0, 0.05) is 51.4 Å². The summed E-state index contributed by atoms with van der Waals surface area (Å²) in [6.45, 7) is 0.754. The third kappa shape index (κ3) is 6.19. The van der Waals surface area contributed by atoms with Crippen molar-refractivity contribution in [1.82, 2.24) is 19.0 Å². The summed E-state index contributed by atoms with van der Waals surface area (Å²) in [5.41, 5.74) is 2.34. The van der Waals surface area contributed by atoms with Gasteiger partial charge in [-0.3, -0.25) is 14.5 Å². The van der Waals surface area contributed by atoms with Crippen LogP contribution >= 0.6 is 11.6 Å². The number of carbonyl (C=O) groups excluding carboxylic acids is 2. The molecular formula is C25H28ClN5O5S. The second-order valence-corrected chi connectivity index (χ2v) is 11.0. The van der Waals surface area contributed by atoms with Crippen LogP contribution in [0.1, 0.15) is 15.9 Å². The number of ether oxygens (including phenoxy) is 1. The maximum absolute atomic E-state index is 13.6. The van der Waals surface area contributed by atoms with Crippen LogP contribution in [-0.4, -0.2) is 85.4 Å². The largest absolute Gasteiger partial charge is 0.383 e. The van der Waals surface area contributed by atoms with Crippen molar-refractivity contribution in [2.45, 2.75) is 6.54 Å². The highest BCUT2D eigenvalue weighted by Gasteiger charge is 2.31. The number of para-hydroxylation sites is 1. The lowest BCUT2D eigenvalue weighted by Crippen LogP contribution is -2.44. The van der Waals surface area contributed by atoms with Crippen LogP contribution < -0.4 is 4.90 Å². The molecule has 2 amide bonds. The molecule has 0 bridgehead atoms. The van der Waals surface area contributed by atoms with Crippen LogP contribution in [-0.2, 0) is 26.1 Å². The summed E-state index contributed by atoms with van der Waals surface area (Å²) in [6, 6.07) is 14.1. The highest BCUT2D eigenvalue weighted by molar-refractivity contribution is 7.88. The summed E-state index contributed by atoms with van der Waals surface area (Å²) < 4.78 is 32.3. The van der Waals surface area contributed by atoms with E-state index >= 15 is 0 Å². The van der Waals surface area contributed by atoms with E-state index in [9.17, 15) is 18.0 Å². The molecule has 1 aromatic heterocycles. The first-order chi connectivity index (χ1) is 17.7. The maximum atomic E-state index is 13.6.